The first-order valence-electron chi connectivity index (χ1n) is 8.10. The van der Waals surface area contributed by atoms with E-state index in [2.05, 4.69) is 20.9 Å². The van der Waals surface area contributed by atoms with E-state index >= 15 is 0 Å². The highest BCUT2D eigenvalue weighted by atomic mass is 32.1. The van der Waals surface area contributed by atoms with Crippen LogP contribution in [0.1, 0.15) is 28.9 Å². The molecule has 1 aliphatic heterocycles. The van der Waals surface area contributed by atoms with Gasteiger partial charge in [-0.05, 0) is 31.9 Å². The van der Waals surface area contributed by atoms with Gasteiger partial charge in [0.15, 0.2) is 5.13 Å². The highest BCUT2D eigenvalue weighted by molar-refractivity contribution is 7.14. The fourth-order valence-electron chi connectivity index (χ4n) is 2.43. The lowest BCUT2D eigenvalue weighted by Crippen LogP contribution is -2.32. The van der Waals surface area contributed by atoms with Crippen LogP contribution in [0.2, 0.25) is 0 Å². The Kier molecular flexibility index (Phi) is 5.62. The van der Waals surface area contributed by atoms with Crippen LogP contribution in [-0.4, -0.2) is 36.2 Å². The number of benzene rings is 1. The van der Waals surface area contributed by atoms with Crippen molar-refractivity contribution in [2.24, 2.45) is 0 Å². The summed E-state index contributed by atoms with van der Waals surface area (Å²) in [7, 11) is 0. The maximum atomic E-state index is 12.1. The molecule has 0 saturated carbocycles. The highest BCUT2D eigenvalue weighted by Gasteiger charge is 2.18. The lowest BCUT2D eigenvalue weighted by Gasteiger charge is -2.09. The van der Waals surface area contributed by atoms with Gasteiger partial charge in [0.1, 0.15) is 5.69 Å². The number of aryl methyl sites for hydroxylation is 1. The minimum atomic E-state index is -0.399. The fraction of sp³-hybridized carbons (Fsp3) is 0.353. The number of carbonyl (C=O) groups excluding carboxylic acids is 2. The zero-order valence-corrected chi connectivity index (χ0v) is 14.7. The van der Waals surface area contributed by atoms with Gasteiger partial charge in [-0.2, -0.15) is 0 Å². The van der Waals surface area contributed by atoms with Gasteiger partial charge in [-0.25, -0.2) is 9.78 Å². The summed E-state index contributed by atoms with van der Waals surface area (Å²) in [6.07, 6.45) is 2.07. The second-order valence-electron chi connectivity index (χ2n) is 5.83. The lowest BCUT2D eigenvalue weighted by atomic mass is 10.2. The Labute approximate surface area is 149 Å². The van der Waals surface area contributed by atoms with E-state index in [1.165, 1.54) is 11.3 Å². The summed E-state index contributed by atoms with van der Waals surface area (Å²) >= 11 is 1.20. The van der Waals surface area contributed by atoms with Crippen molar-refractivity contribution in [2.75, 3.05) is 23.8 Å². The number of amides is 3. The summed E-state index contributed by atoms with van der Waals surface area (Å²) in [5, 5.41) is 10.1. The summed E-state index contributed by atoms with van der Waals surface area (Å²) in [6.45, 7) is 3.21. The Hall–Kier alpha value is -2.45. The van der Waals surface area contributed by atoms with Gasteiger partial charge in [0.25, 0.3) is 5.91 Å². The molecule has 8 heteroatoms. The molecule has 1 unspecified atom stereocenters. The molecule has 1 aromatic carbocycles. The predicted octanol–water partition coefficient (Wildman–Crippen LogP) is 3.00. The topological polar surface area (TPSA) is 92.4 Å². The fourth-order valence-corrected chi connectivity index (χ4v) is 3.12. The zero-order chi connectivity index (χ0) is 17.6. The standard InChI is InChI=1S/C17H20N4O3S/c1-11-4-6-12(7-5-11)19-16(23)21-17-20-14(10-25-17)15(22)18-9-13-3-2-8-24-13/h4-7,10,13H,2-3,8-9H2,1H3,(H,18,22)(H2,19,20,21,23). The van der Waals surface area contributed by atoms with Crippen LogP contribution in [0.25, 0.3) is 0 Å². The van der Waals surface area contributed by atoms with Crippen LogP contribution in [-0.2, 0) is 4.74 Å². The van der Waals surface area contributed by atoms with E-state index in [1.54, 1.807) is 5.38 Å². The molecule has 3 rings (SSSR count). The molecule has 0 spiro atoms. The SMILES string of the molecule is Cc1ccc(NC(=O)Nc2nc(C(=O)NCC3CCCO3)cs2)cc1. The number of anilines is 2. The van der Waals surface area contributed by atoms with Crippen molar-refractivity contribution in [3.8, 4) is 0 Å². The third kappa shape index (κ3) is 5.01. The molecule has 1 fully saturated rings. The van der Waals surface area contributed by atoms with Gasteiger partial charge in [-0.15, -0.1) is 11.3 Å². The quantitative estimate of drug-likeness (QED) is 0.764. The number of aromatic nitrogens is 1. The predicted molar refractivity (Wildman–Crippen MR) is 97.2 cm³/mol. The zero-order valence-electron chi connectivity index (χ0n) is 13.9. The van der Waals surface area contributed by atoms with Crippen LogP contribution in [0.15, 0.2) is 29.6 Å². The van der Waals surface area contributed by atoms with Crippen molar-refractivity contribution in [1.29, 1.82) is 0 Å². The van der Waals surface area contributed by atoms with Crippen molar-refractivity contribution >= 4 is 34.1 Å². The Morgan fingerprint density at radius 1 is 1.28 bits per heavy atom. The number of hydrogen-bond acceptors (Lipinski definition) is 5. The Bertz CT molecular complexity index is 739. The summed E-state index contributed by atoms with van der Waals surface area (Å²) < 4.78 is 5.46. The first-order valence-corrected chi connectivity index (χ1v) is 8.98. The van der Waals surface area contributed by atoms with E-state index in [0.717, 1.165) is 25.0 Å². The van der Waals surface area contributed by atoms with Gasteiger partial charge >= 0.3 is 6.03 Å². The molecule has 0 aliphatic carbocycles. The molecule has 132 valence electrons. The van der Waals surface area contributed by atoms with Crippen molar-refractivity contribution < 1.29 is 14.3 Å². The largest absolute Gasteiger partial charge is 0.376 e. The Morgan fingerprint density at radius 2 is 2.08 bits per heavy atom. The van der Waals surface area contributed by atoms with E-state index in [0.29, 0.717) is 17.4 Å². The van der Waals surface area contributed by atoms with Crippen LogP contribution in [0.3, 0.4) is 0 Å². The van der Waals surface area contributed by atoms with Gasteiger partial charge in [-0.3, -0.25) is 10.1 Å². The van der Waals surface area contributed by atoms with Crippen molar-refractivity contribution in [3.05, 3.63) is 40.9 Å². The molecule has 1 aliphatic rings. The molecule has 1 atom stereocenters. The van der Waals surface area contributed by atoms with E-state index in [1.807, 2.05) is 31.2 Å². The third-order valence-electron chi connectivity index (χ3n) is 3.78. The molecule has 25 heavy (non-hydrogen) atoms. The maximum absolute atomic E-state index is 12.1. The molecule has 0 radical (unpaired) electrons. The lowest BCUT2D eigenvalue weighted by molar-refractivity contribution is 0.0854. The number of ether oxygens (including phenoxy) is 1. The molecular formula is C17H20N4O3S. The summed E-state index contributed by atoms with van der Waals surface area (Å²) in [4.78, 5) is 28.2. The first kappa shape index (κ1) is 17.4. The van der Waals surface area contributed by atoms with E-state index in [-0.39, 0.29) is 17.7 Å². The van der Waals surface area contributed by atoms with E-state index in [4.69, 9.17) is 4.74 Å². The van der Waals surface area contributed by atoms with Gasteiger partial charge in [0, 0.05) is 24.2 Å². The number of nitrogens with zero attached hydrogens (tertiary/aromatic N) is 1. The summed E-state index contributed by atoms with van der Waals surface area (Å²) in [6, 6.07) is 7.07. The van der Waals surface area contributed by atoms with Crippen molar-refractivity contribution in [2.45, 2.75) is 25.9 Å². The molecule has 2 aromatic rings. The molecule has 3 amide bonds. The smallest absolute Gasteiger partial charge is 0.325 e. The minimum Gasteiger partial charge on any atom is -0.376 e. The average Bonchev–Trinajstić information content (AvgIpc) is 3.26. The van der Waals surface area contributed by atoms with Crippen LogP contribution in [0, 0.1) is 6.92 Å². The summed E-state index contributed by atoms with van der Waals surface area (Å²) in [5.74, 6) is -0.265. The molecule has 1 aromatic heterocycles. The van der Waals surface area contributed by atoms with Crippen LogP contribution < -0.4 is 16.0 Å². The molecule has 2 heterocycles. The number of thiazole rings is 1. The Balaban J connectivity index is 1.49. The Morgan fingerprint density at radius 3 is 2.80 bits per heavy atom. The number of carbonyl (C=O) groups is 2. The van der Waals surface area contributed by atoms with Crippen LogP contribution >= 0.6 is 11.3 Å². The molecular weight excluding hydrogens is 340 g/mol. The number of hydrogen-bond donors (Lipinski definition) is 3. The van der Waals surface area contributed by atoms with Crippen molar-refractivity contribution in [3.63, 3.8) is 0 Å². The minimum absolute atomic E-state index is 0.0838. The van der Waals surface area contributed by atoms with Gasteiger partial charge in [0.2, 0.25) is 0 Å². The molecule has 7 nitrogen and oxygen atoms in total. The molecule has 3 N–H and O–H groups in total. The molecule has 0 bridgehead atoms. The normalized spacial score (nSPS) is 16.4. The van der Waals surface area contributed by atoms with Crippen LogP contribution in [0.4, 0.5) is 15.6 Å². The molecule has 1 saturated heterocycles. The number of nitrogens with one attached hydrogen (secondary N) is 3. The van der Waals surface area contributed by atoms with E-state index < -0.39 is 6.03 Å². The maximum Gasteiger partial charge on any atom is 0.325 e. The van der Waals surface area contributed by atoms with Crippen molar-refractivity contribution in [1.82, 2.24) is 10.3 Å². The van der Waals surface area contributed by atoms with E-state index in [9.17, 15) is 9.59 Å². The van der Waals surface area contributed by atoms with Crippen LogP contribution in [0.5, 0.6) is 0 Å². The highest BCUT2D eigenvalue weighted by Crippen LogP contribution is 2.17. The second-order valence-corrected chi connectivity index (χ2v) is 6.69. The van der Waals surface area contributed by atoms with Gasteiger partial charge in [-0.1, -0.05) is 17.7 Å². The third-order valence-corrected chi connectivity index (χ3v) is 4.54. The van der Waals surface area contributed by atoms with Gasteiger partial charge < -0.3 is 15.4 Å². The number of urea groups is 1. The number of rotatable bonds is 5. The first-order chi connectivity index (χ1) is 12.1. The second kappa shape index (κ2) is 8.09. The summed E-state index contributed by atoms with van der Waals surface area (Å²) in [5.41, 5.74) is 2.09. The average molecular weight is 360 g/mol. The van der Waals surface area contributed by atoms with Gasteiger partial charge in [0.05, 0.1) is 6.10 Å². The monoisotopic (exact) mass is 360 g/mol.